The van der Waals surface area contributed by atoms with Crippen molar-refractivity contribution in [3.8, 4) is 0 Å². The fraction of sp³-hybridized carbons (Fsp3) is 0.312. The summed E-state index contributed by atoms with van der Waals surface area (Å²) in [7, 11) is 0. The maximum atomic E-state index is 12.2. The highest BCUT2D eigenvalue weighted by atomic mass is 79.9. The normalized spacial score (nSPS) is 14.3. The zero-order valence-corrected chi connectivity index (χ0v) is 14.7. The lowest BCUT2D eigenvalue weighted by molar-refractivity contribution is 0.0962. The summed E-state index contributed by atoms with van der Waals surface area (Å²) in [6.45, 7) is 1.87. The van der Waals surface area contributed by atoms with Crippen LogP contribution in [0.15, 0.2) is 35.1 Å². The molecule has 0 saturated carbocycles. The molecule has 1 aromatic carbocycles. The summed E-state index contributed by atoms with van der Waals surface area (Å²) in [5.41, 5.74) is 12.6. The molecule has 2 aromatic rings. The Morgan fingerprint density at radius 2 is 1.92 bits per heavy atom. The summed E-state index contributed by atoms with van der Waals surface area (Å²) in [6.07, 6.45) is 4.94. The molecule has 1 aliphatic heterocycles. The van der Waals surface area contributed by atoms with E-state index in [9.17, 15) is 4.79 Å². The number of rotatable bonds is 4. The number of carbonyl (C=O) groups excluding carboxylic acids is 1. The first-order chi connectivity index (χ1) is 11.7. The van der Waals surface area contributed by atoms with Crippen LogP contribution in [0, 0.1) is 0 Å². The minimum absolute atomic E-state index is 0.278. The van der Waals surface area contributed by atoms with Crippen LogP contribution in [0.3, 0.4) is 0 Å². The van der Waals surface area contributed by atoms with E-state index >= 15 is 0 Å². The number of aromatic nitrogens is 2. The van der Waals surface area contributed by atoms with Gasteiger partial charge in [-0.15, -0.1) is 0 Å². The second-order valence-electron chi connectivity index (χ2n) is 5.57. The molecule has 3 rings (SSSR count). The molecule has 2 heterocycles. The Balaban J connectivity index is 1.71. The molecule has 0 bridgehead atoms. The number of nitrogens with zero attached hydrogens (tertiary/aromatic N) is 3. The fourth-order valence-electron chi connectivity index (χ4n) is 2.67. The molecule has 7 nitrogen and oxygen atoms in total. The molecule has 0 radical (unpaired) electrons. The van der Waals surface area contributed by atoms with Crippen LogP contribution in [0.4, 0.5) is 17.3 Å². The third-order valence-electron chi connectivity index (χ3n) is 3.93. The van der Waals surface area contributed by atoms with E-state index in [0.717, 1.165) is 25.9 Å². The van der Waals surface area contributed by atoms with Gasteiger partial charge in [0, 0.05) is 17.6 Å². The van der Waals surface area contributed by atoms with E-state index in [1.54, 1.807) is 12.1 Å². The summed E-state index contributed by atoms with van der Waals surface area (Å²) < 4.78 is 0.717. The number of anilines is 3. The summed E-state index contributed by atoms with van der Waals surface area (Å²) in [6, 6.07) is 7.18. The summed E-state index contributed by atoms with van der Waals surface area (Å²) in [5, 5.41) is 0. The van der Waals surface area contributed by atoms with Crippen molar-refractivity contribution in [1.82, 2.24) is 15.4 Å². The molecule has 1 aliphatic rings. The molecule has 0 atom stereocenters. The van der Waals surface area contributed by atoms with Gasteiger partial charge < -0.3 is 10.6 Å². The highest BCUT2D eigenvalue weighted by Crippen LogP contribution is 2.27. The predicted molar refractivity (Wildman–Crippen MR) is 97.7 cm³/mol. The number of hydrogen-bond donors (Lipinski definition) is 3. The third-order valence-corrected chi connectivity index (χ3v) is 4.62. The van der Waals surface area contributed by atoms with Gasteiger partial charge in [-0.25, -0.2) is 9.97 Å². The lowest BCUT2D eigenvalue weighted by Crippen LogP contribution is -2.33. The summed E-state index contributed by atoms with van der Waals surface area (Å²) in [4.78, 5) is 22.8. The summed E-state index contributed by atoms with van der Waals surface area (Å²) >= 11 is 3.36. The zero-order valence-electron chi connectivity index (χ0n) is 13.1. The molecule has 0 aliphatic carbocycles. The van der Waals surface area contributed by atoms with Crippen molar-refractivity contribution in [3.63, 3.8) is 0 Å². The van der Waals surface area contributed by atoms with E-state index in [4.69, 9.17) is 5.73 Å². The lowest BCUT2D eigenvalue weighted by Gasteiger charge is -2.28. The Morgan fingerprint density at radius 3 is 2.67 bits per heavy atom. The first-order valence-corrected chi connectivity index (χ1v) is 8.62. The first-order valence-electron chi connectivity index (χ1n) is 7.83. The van der Waals surface area contributed by atoms with E-state index in [-0.39, 0.29) is 5.91 Å². The Labute approximate surface area is 148 Å². The van der Waals surface area contributed by atoms with Crippen molar-refractivity contribution in [2.75, 3.05) is 29.1 Å². The van der Waals surface area contributed by atoms with Crippen LogP contribution in [0.5, 0.6) is 0 Å². The van der Waals surface area contributed by atoms with Crippen molar-refractivity contribution in [1.29, 1.82) is 0 Å². The van der Waals surface area contributed by atoms with Gasteiger partial charge in [0.2, 0.25) is 0 Å². The largest absolute Gasteiger partial charge is 0.393 e. The maximum Gasteiger partial charge on any atom is 0.270 e. The minimum atomic E-state index is -0.278. The van der Waals surface area contributed by atoms with Crippen molar-refractivity contribution in [3.05, 3.63) is 40.6 Å². The number of hydrazine groups is 1. The van der Waals surface area contributed by atoms with Gasteiger partial charge in [0.05, 0.1) is 5.56 Å². The Bertz CT molecular complexity index is 732. The van der Waals surface area contributed by atoms with Crippen LogP contribution in [0.1, 0.15) is 29.6 Å². The van der Waals surface area contributed by atoms with Gasteiger partial charge in [0.15, 0.2) is 11.6 Å². The smallest absolute Gasteiger partial charge is 0.270 e. The molecule has 24 heavy (non-hydrogen) atoms. The van der Waals surface area contributed by atoms with Gasteiger partial charge in [0.25, 0.3) is 5.91 Å². The van der Waals surface area contributed by atoms with Crippen molar-refractivity contribution < 1.29 is 4.79 Å². The molecule has 0 unspecified atom stereocenters. The first kappa shape index (κ1) is 16.5. The number of benzene rings is 1. The number of piperidine rings is 1. The highest BCUT2D eigenvalue weighted by molar-refractivity contribution is 9.10. The predicted octanol–water partition coefficient (Wildman–Crippen LogP) is 2.57. The number of carbonyl (C=O) groups is 1. The zero-order chi connectivity index (χ0) is 16.9. The van der Waals surface area contributed by atoms with Crippen molar-refractivity contribution in [2.24, 2.45) is 0 Å². The molecule has 1 fully saturated rings. The van der Waals surface area contributed by atoms with Crippen LogP contribution >= 0.6 is 15.9 Å². The van der Waals surface area contributed by atoms with Gasteiger partial charge in [-0.05, 0) is 47.3 Å². The number of amides is 1. The van der Waals surface area contributed by atoms with Crippen LogP contribution in [0.2, 0.25) is 0 Å². The molecule has 1 aromatic heterocycles. The molecule has 1 amide bonds. The van der Waals surface area contributed by atoms with Crippen LogP contribution in [-0.2, 0) is 0 Å². The van der Waals surface area contributed by atoms with E-state index in [0.29, 0.717) is 27.4 Å². The average molecular weight is 391 g/mol. The molecule has 1 saturated heterocycles. The fourth-order valence-corrected chi connectivity index (χ4v) is 3.14. The van der Waals surface area contributed by atoms with E-state index in [2.05, 4.69) is 41.6 Å². The van der Waals surface area contributed by atoms with Crippen LogP contribution in [0.25, 0.3) is 0 Å². The van der Waals surface area contributed by atoms with E-state index < -0.39 is 0 Å². The van der Waals surface area contributed by atoms with Gasteiger partial charge >= 0.3 is 0 Å². The average Bonchev–Trinajstić information content (AvgIpc) is 2.62. The lowest BCUT2D eigenvalue weighted by atomic mass is 10.1. The van der Waals surface area contributed by atoms with Gasteiger partial charge in [-0.3, -0.25) is 15.6 Å². The molecule has 4 N–H and O–H groups in total. The Kier molecular flexibility index (Phi) is 5.14. The molecule has 126 valence electrons. The molecular formula is C16H19BrN6O. The van der Waals surface area contributed by atoms with E-state index in [1.807, 2.05) is 12.1 Å². The van der Waals surface area contributed by atoms with Crippen LogP contribution < -0.4 is 21.5 Å². The van der Waals surface area contributed by atoms with Gasteiger partial charge in [0.1, 0.15) is 12.0 Å². The standard InChI is InChI=1S/C16H19BrN6O/c17-12-7-3-2-6-11(12)16(24)22-21-14-13(18)15(20-10-19-14)23-8-4-1-5-9-23/h2-3,6-7,10H,1,4-5,8-9,18H2,(H,22,24)(H,19,20,21). The molecular weight excluding hydrogens is 372 g/mol. The maximum absolute atomic E-state index is 12.2. The number of halogens is 1. The molecule has 0 spiro atoms. The summed E-state index contributed by atoms with van der Waals surface area (Å²) in [5.74, 6) is 0.827. The Morgan fingerprint density at radius 1 is 1.17 bits per heavy atom. The van der Waals surface area contributed by atoms with Crippen molar-refractivity contribution >= 4 is 39.2 Å². The van der Waals surface area contributed by atoms with Gasteiger partial charge in [-0.1, -0.05) is 12.1 Å². The minimum Gasteiger partial charge on any atom is -0.393 e. The topological polar surface area (TPSA) is 96.2 Å². The number of nitrogens with one attached hydrogen (secondary N) is 2. The molecule has 8 heteroatoms. The van der Waals surface area contributed by atoms with Crippen LogP contribution in [-0.4, -0.2) is 29.0 Å². The second-order valence-corrected chi connectivity index (χ2v) is 6.42. The third kappa shape index (κ3) is 3.59. The number of nitrogen functional groups attached to an aromatic ring is 1. The number of nitrogens with two attached hydrogens (primary N) is 1. The number of hydrogen-bond acceptors (Lipinski definition) is 6. The quantitative estimate of drug-likeness (QED) is 0.694. The van der Waals surface area contributed by atoms with E-state index in [1.165, 1.54) is 12.7 Å². The monoisotopic (exact) mass is 390 g/mol. The Hall–Kier alpha value is -2.35. The van der Waals surface area contributed by atoms with Gasteiger partial charge in [-0.2, -0.15) is 0 Å². The second kappa shape index (κ2) is 7.48. The van der Waals surface area contributed by atoms with Crippen molar-refractivity contribution in [2.45, 2.75) is 19.3 Å². The highest BCUT2D eigenvalue weighted by Gasteiger charge is 2.18. The SMILES string of the molecule is Nc1c(NNC(=O)c2ccccc2Br)ncnc1N1CCCCC1.